The van der Waals surface area contributed by atoms with Crippen LogP contribution in [0.5, 0.6) is 0 Å². The summed E-state index contributed by atoms with van der Waals surface area (Å²) in [5.74, 6) is 0. The van der Waals surface area contributed by atoms with Crippen molar-refractivity contribution in [3.05, 3.63) is 0 Å². The molecule has 0 aliphatic carbocycles. The van der Waals surface area contributed by atoms with E-state index >= 15 is 76.7 Å². The second kappa shape index (κ2) is 15.8. The Morgan fingerprint density at radius 1 is 0.122 bits per heavy atom. The van der Waals surface area contributed by atoms with Gasteiger partial charge in [0.15, 0.2) is 98.7 Å². The van der Waals surface area contributed by atoms with Gasteiger partial charge in [0, 0.05) is 0 Å². The van der Waals surface area contributed by atoms with E-state index in [0.29, 0.717) is 0 Å². The minimum Gasteiger partial charge on any atom is -0.412 e. The van der Waals surface area contributed by atoms with Gasteiger partial charge in [0.1, 0.15) is 107 Å². The molecule has 50 heteroatoms. The molecule has 512 valence electrons. The van der Waals surface area contributed by atoms with Gasteiger partial charge in [-0.05, 0) is 0 Å². The average molecular weight is 1380 g/mol. The quantitative estimate of drug-likeness (QED) is 0.217. The predicted octanol–water partition coefficient (Wildman–Crippen LogP) is -7.95. The number of urea groups is 16. The van der Waals surface area contributed by atoms with Crippen LogP contribution in [0.2, 0.25) is 0 Å². The lowest BCUT2D eigenvalue weighted by molar-refractivity contribution is -0.0210. The Morgan fingerprint density at radius 2 is 0.163 bits per heavy atom. The van der Waals surface area contributed by atoms with Gasteiger partial charge >= 0.3 is 96.5 Å². The maximum atomic E-state index is 15.5. The van der Waals surface area contributed by atoms with Crippen molar-refractivity contribution >= 4 is 109 Å². The molecule has 24 aliphatic rings. The fourth-order valence-corrected chi connectivity index (χ4v) is 21.3. The van der Waals surface area contributed by atoms with Crippen molar-refractivity contribution in [2.24, 2.45) is 0 Å². The van der Waals surface area contributed by atoms with Crippen molar-refractivity contribution in [2.75, 3.05) is 107 Å². The number of carbonyl (C=O) groups excluding carboxylic acids is 16. The molecule has 0 aromatic rings. The molecule has 0 radical (unpaired) electrons. The number of carbonyl (C=O) groups is 16. The van der Waals surface area contributed by atoms with Gasteiger partial charge in [-0.3, -0.25) is 157 Å². The standard InChI is InChI=1S/C48H48N32O16.ClH.H2O/c81-33-49-1-50-18-20-54(34(50)82)4-58-22-24-62(38(58)86)8-66-26-28-70(42(66)90)12-74-30-32-78(46(74)94)15-77-31-29-73(45(77)93)11-69-27-25-65(41(69)89)7-61-23-21-57(37(61)85)3-53(33)19-17(49)51-2-52(18)36(84)56(20)6-60(22)40(88)64(24)10-68(26)44(92)72(28)14-76(30)48(96)80(32)16-79(31)47(95)75(29)13-71(27)43(91)67(25)9-63(23)39(87)59(21)5-55(19)35(51)83;;/h17-32H,1-16H2;1H;1H2. The molecule has 24 fully saturated rings. The second-order valence-electron chi connectivity index (χ2n) is 28.4. The van der Waals surface area contributed by atoms with Crippen LogP contribution < -0.4 is 0 Å². The molecule has 32 amide bonds. The van der Waals surface area contributed by atoms with Crippen molar-refractivity contribution in [1.82, 2.24) is 157 Å². The Morgan fingerprint density at radius 3 is 0.204 bits per heavy atom. The van der Waals surface area contributed by atoms with Gasteiger partial charge < -0.3 is 5.48 Å². The molecule has 0 saturated carbocycles. The number of hydrogen-bond acceptors (Lipinski definition) is 16. The zero-order chi connectivity index (χ0) is 64.3. The first-order valence-corrected chi connectivity index (χ1v) is 31.5. The largest absolute Gasteiger partial charge is 0.412 e. The number of halogens is 1. The van der Waals surface area contributed by atoms with Crippen LogP contribution in [0.1, 0.15) is 0 Å². The first-order valence-electron chi connectivity index (χ1n) is 31.5. The summed E-state index contributed by atoms with van der Waals surface area (Å²) in [4.78, 5) is 289. The fraction of sp³-hybridized carbons (Fsp3) is 0.667. The Bertz CT molecular complexity index is 2970. The van der Waals surface area contributed by atoms with E-state index in [-0.39, 0.29) is 17.9 Å². The van der Waals surface area contributed by atoms with E-state index in [0.717, 1.165) is 0 Å². The SMILES string of the molecule is Cl.O.O=C1N2CN3C(=O)N4CN5C(=O)N6CN7C(=O)N8CN9C(=O)N%10CN%11C(=O)N%12CN%13C(=O)N%14CN%15C(=O)N%16CN1C1C2N2CN%17C(=O)N(CN%18C(=O)N(CN%19C(=O)N(CN%20C(=O)N(CN%21C(=O)N(CN%22C(=O)N(CN%23C(=O)N(CN1C2=O)C%16C%15%23)C%14C%13%22)C%12C%11%21)C%10C9%20)C8C7%19)C6C5%18)C4C3%17. The minimum atomic E-state index is -1.28. The molecule has 0 bridgehead atoms. The van der Waals surface area contributed by atoms with Crippen molar-refractivity contribution in [3.8, 4) is 0 Å². The Balaban J connectivity index is 0.00000300. The molecular formula is C48H51ClN32O17. The maximum Gasteiger partial charge on any atom is 0.326 e. The number of rotatable bonds is 0. The molecular weight excluding hydrogens is 1330 g/mol. The van der Waals surface area contributed by atoms with Crippen molar-refractivity contribution in [3.63, 3.8) is 0 Å². The van der Waals surface area contributed by atoms with Gasteiger partial charge in [0.2, 0.25) is 0 Å². The van der Waals surface area contributed by atoms with E-state index < -0.39 is 302 Å². The highest BCUT2D eigenvalue weighted by Gasteiger charge is 2.78. The summed E-state index contributed by atoms with van der Waals surface area (Å²) in [5, 5.41) is 0. The maximum absolute atomic E-state index is 15.5. The Kier molecular flexibility index (Phi) is 8.69. The van der Waals surface area contributed by atoms with Crippen LogP contribution in [0.3, 0.4) is 0 Å². The Labute approximate surface area is 551 Å². The third kappa shape index (κ3) is 5.09. The first-order chi connectivity index (χ1) is 46.3. The number of nitrogens with zero attached hydrogens (tertiary/aromatic N) is 32. The lowest BCUT2D eigenvalue weighted by Crippen LogP contribution is -2.63. The molecule has 0 aromatic heterocycles. The van der Waals surface area contributed by atoms with Crippen molar-refractivity contribution in [1.29, 1.82) is 0 Å². The lowest BCUT2D eigenvalue weighted by atomic mass is 10.2. The molecule has 0 spiro atoms. The highest BCUT2D eigenvalue weighted by molar-refractivity contribution is 5.96. The van der Waals surface area contributed by atoms with Crippen LogP contribution in [0.25, 0.3) is 0 Å². The van der Waals surface area contributed by atoms with E-state index in [1.165, 1.54) is 157 Å². The van der Waals surface area contributed by atoms with Crippen LogP contribution in [0.4, 0.5) is 76.7 Å². The van der Waals surface area contributed by atoms with Gasteiger partial charge in [0.25, 0.3) is 0 Å². The lowest BCUT2D eigenvalue weighted by Gasteiger charge is -2.42. The fourth-order valence-electron chi connectivity index (χ4n) is 21.3. The molecule has 24 rings (SSSR count). The third-order valence-electron chi connectivity index (χ3n) is 25.1. The van der Waals surface area contributed by atoms with E-state index in [4.69, 9.17) is 0 Å². The highest BCUT2D eigenvalue weighted by atomic mass is 35.5. The summed E-state index contributed by atoms with van der Waals surface area (Å²) in [5.41, 5.74) is 0. The van der Waals surface area contributed by atoms with Gasteiger partial charge in [-0.1, -0.05) is 0 Å². The van der Waals surface area contributed by atoms with Crippen LogP contribution in [-0.2, 0) is 0 Å². The molecule has 24 heterocycles. The molecule has 24 saturated heterocycles. The van der Waals surface area contributed by atoms with Crippen LogP contribution >= 0.6 is 12.4 Å². The van der Waals surface area contributed by atoms with E-state index in [2.05, 4.69) is 0 Å². The zero-order valence-corrected chi connectivity index (χ0v) is 51.1. The van der Waals surface area contributed by atoms with Crippen LogP contribution in [-0.4, -0.2) is 464 Å². The predicted molar refractivity (Wildman–Crippen MR) is 295 cm³/mol. The smallest absolute Gasteiger partial charge is 0.326 e. The van der Waals surface area contributed by atoms with E-state index in [9.17, 15) is 0 Å². The van der Waals surface area contributed by atoms with Crippen LogP contribution in [0, 0.1) is 0 Å². The van der Waals surface area contributed by atoms with Gasteiger partial charge in [-0.25, -0.2) is 76.7 Å². The molecule has 0 atom stereocenters. The molecule has 2 N–H and O–H groups in total. The molecule has 98 heavy (non-hydrogen) atoms. The van der Waals surface area contributed by atoms with Gasteiger partial charge in [0.05, 0.1) is 0 Å². The summed E-state index contributed by atoms with van der Waals surface area (Å²) in [7, 11) is 0. The van der Waals surface area contributed by atoms with Crippen molar-refractivity contribution in [2.45, 2.75) is 98.7 Å². The zero-order valence-electron chi connectivity index (χ0n) is 50.3. The van der Waals surface area contributed by atoms with Crippen LogP contribution in [0.15, 0.2) is 0 Å². The monoisotopic (exact) mass is 1380 g/mol. The summed E-state index contributed by atoms with van der Waals surface area (Å²) in [6.45, 7) is -8.88. The highest BCUT2D eigenvalue weighted by Crippen LogP contribution is 2.53. The number of amides is 32. The molecule has 24 aliphatic heterocycles. The summed E-state index contributed by atoms with van der Waals surface area (Å²) in [6, 6.07) is -11.9. The summed E-state index contributed by atoms with van der Waals surface area (Å²) in [6.07, 6.45) is -20.4. The first kappa shape index (κ1) is 53.8. The van der Waals surface area contributed by atoms with E-state index in [1.807, 2.05) is 0 Å². The topological polar surface area (TPSA) is 408 Å². The summed E-state index contributed by atoms with van der Waals surface area (Å²) < 4.78 is 0. The normalized spacial score (nSPS) is 39.5. The second-order valence-corrected chi connectivity index (χ2v) is 28.4. The molecule has 49 nitrogen and oxygen atoms in total. The van der Waals surface area contributed by atoms with Crippen molar-refractivity contribution < 1.29 is 82.2 Å². The number of hydrogen-bond donors (Lipinski definition) is 0. The molecule has 0 unspecified atom stereocenters. The summed E-state index contributed by atoms with van der Waals surface area (Å²) >= 11 is 0. The average Bonchev–Trinajstić information content (AvgIpc) is 1.52. The third-order valence-corrected chi connectivity index (χ3v) is 25.1. The minimum absolute atomic E-state index is 0. The van der Waals surface area contributed by atoms with Gasteiger partial charge in [-0.15, -0.1) is 12.4 Å². The van der Waals surface area contributed by atoms with Gasteiger partial charge in [-0.2, -0.15) is 0 Å². The Hall–Kier alpha value is -11.4. The van der Waals surface area contributed by atoms with E-state index in [1.54, 1.807) is 0 Å². The molecule has 0 aromatic carbocycles.